The molecule has 0 unspecified atom stereocenters. The smallest absolute Gasteiger partial charge is 0.221 e. The Balaban J connectivity index is 1.95. The van der Waals surface area contributed by atoms with Crippen LogP contribution < -0.4 is 10.1 Å². The number of anilines is 1. The Morgan fingerprint density at radius 2 is 2.29 bits per heavy atom. The number of furan rings is 1. The Morgan fingerprint density at radius 1 is 1.41 bits per heavy atom. The number of methoxy groups -OCH3 is 1. The Morgan fingerprint density at radius 3 is 3.00 bits per heavy atom. The largest absolute Gasteiger partial charge is 0.481 e. The molecular weight excluding hydrogens is 218 g/mol. The van der Waals surface area contributed by atoms with E-state index in [1.165, 1.54) is 6.33 Å². The molecular formula is C12H15N3O2. The van der Waals surface area contributed by atoms with Gasteiger partial charge in [-0.2, -0.15) is 0 Å². The highest BCUT2D eigenvalue weighted by molar-refractivity contribution is 5.47. The molecule has 0 radical (unpaired) electrons. The van der Waals surface area contributed by atoms with Crippen LogP contribution in [0.1, 0.15) is 11.3 Å². The van der Waals surface area contributed by atoms with Gasteiger partial charge in [0.15, 0.2) is 0 Å². The van der Waals surface area contributed by atoms with Crippen molar-refractivity contribution < 1.29 is 9.15 Å². The lowest BCUT2D eigenvalue weighted by molar-refractivity contribution is 0.393. The van der Waals surface area contributed by atoms with Gasteiger partial charge in [0, 0.05) is 13.0 Å². The van der Waals surface area contributed by atoms with Crippen molar-refractivity contribution in [3.63, 3.8) is 0 Å². The molecule has 5 nitrogen and oxygen atoms in total. The molecule has 0 bridgehead atoms. The number of aromatic nitrogens is 2. The van der Waals surface area contributed by atoms with Crippen LogP contribution in [-0.2, 0) is 6.42 Å². The van der Waals surface area contributed by atoms with Gasteiger partial charge in [-0.1, -0.05) is 0 Å². The van der Waals surface area contributed by atoms with Crippen LogP contribution in [0.2, 0.25) is 0 Å². The van der Waals surface area contributed by atoms with Crippen LogP contribution in [0.25, 0.3) is 0 Å². The second-order valence-electron chi connectivity index (χ2n) is 3.61. The summed E-state index contributed by atoms with van der Waals surface area (Å²) >= 11 is 0. The van der Waals surface area contributed by atoms with Gasteiger partial charge >= 0.3 is 0 Å². The highest BCUT2D eigenvalue weighted by atomic mass is 16.5. The molecule has 0 amide bonds. The highest BCUT2D eigenvalue weighted by Crippen LogP contribution is 2.19. The average molecular weight is 233 g/mol. The van der Waals surface area contributed by atoms with Crippen LogP contribution in [0.3, 0.4) is 0 Å². The second-order valence-corrected chi connectivity index (χ2v) is 3.61. The summed E-state index contributed by atoms with van der Waals surface area (Å²) in [7, 11) is 1.60. The molecule has 90 valence electrons. The van der Waals surface area contributed by atoms with E-state index >= 15 is 0 Å². The zero-order chi connectivity index (χ0) is 12.1. The standard InChI is InChI=1S/C12H15N3O2/c1-9-11(14-8-15-12(9)16-2)13-6-5-10-4-3-7-17-10/h3-4,7-8H,5-6H2,1-2H3,(H,13,14,15). The lowest BCUT2D eigenvalue weighted by atomic mass is 10.3. The second kappa shape index (κ2) is 5.34. The maximum absolute atomic E-state index is 5.25. The number of nitrogens with zero attached hydrogens (tertiary/aromatic N) is 2. The first-order chi connectivity index (χ1) is 8.31. The van der Waals surface area contributed by atoms with E-state index in [1.807, 2.05) is 19.1 Å². The Labute approximate surface area is 99.8 Å². The predicted molar refractivity (Wildman–Crippen MR) is 64.2 cm³/mol. The fraction of sp³-hybridized carbons (Fsp3) is 0.333. The number of rotatable bonds is 5. The third-order valence-corrected chi connectivity index (χ3v) is 2.48. The van der Waals surface area contributed by atoms with E-state index in [9.17, 15) is 0 Å². The van der Waals surface area contributed by atoms with E-state index in [0.29, 0.717) is 5.88 Å². The van der Waals surface area contributed by atoms with E-state index in [-0.39, 0.29) is 0 Å². The van der Waals surface area contributed by atoms with Gasteiger partial charge in [-0.3, -0.25) is 0 Å². The van der Waals surface area contributed by atoms with Crippen molar-refractivity contribution in [2.24, 2.45) is 0 Å². The number of hydrogen-bond donors (Lipinski definition) is 1. The summed E-state index contributed by atoms with van der Waals surface area (Å²) in [5.74, 6) is 2.35. The topological polar surface area (TPSA) is 60.2 Å². The highest BCUT2D eigenvalue weighted by Gasteiger charge is 2.06. The molecule has 5 heteroatoms. The number of ether oxygens (including phenoxy) is 1. The van der Waals surface area contributed by atoms with Crippen LogP contribution in [0.15, 0.2) is 29.1 Å². The molecule has 2 aromatic heterocycles. The van der Waals surface area contributed by atoms with Gasteiger partial charge in [0.1, 0.15) is 17.9 Å². The van der Waals surface area contributed by atoms with Crippen molar-refractivity contribution in [3.8, 4) is 5.88 Å². The molecule has 0 spiro atoms. The molecule has 2 rings (SSSR count). The van der Waals surface area contributed by atoms with E-state index in [0.717, 1.165) is 30.1 Å². The molecule has 0 saturated heterocycles. The quantitative estimate of drug-likeness (QED) is 0.856. The molecule has 1 N–H and O–H groups in total. The third-order valence-electron chi connectivity index (χ3n) is 2.48. The lowest BCUT2D eigenvalue weighted by Crippen LogP contribution is -2.08. The van der Waals surface area contributed by atoms with Crippen molar-refractivity contribution in [3.05, 3.63) is 36.0 Å². The zero-order valence-electron chi connectivity index (χ0n) is 9.93. The molecule has 2 heterocycles. The SMILES string of the molecule is COc1ncnc(NCCc2ccco2)c1C. The molecule has 0 fully saturated rings. The van der Waals surface area contributed by atoms with E-state index < -0.39 is 0 Å². The molecule has 0 aliphatic heterocycles. The maximum atomic E-state index is 5.25. The Bertz CT molecular complexity index is 469. The zero-order valence-corrected chi connectivity index (χ0v) is 9.93. The fourth-order valence-electron chi connectivity index (χ4n) is 1.58. The number of nitrogens with one attached hydrogen (secondary N) is 1. The van der Waals surface area contributed by atoms with Crippen molar-refractivity contribution in [2.75, 3.05) is 19.0 Å². The van der Waals surface area contributed by atoms with Crippen molar-refractivity contribution in [1.29, 1.82) is 0 Å². The van der Waals surface area contributed by atoms with Gasteiger partial charge in [0.2, 0.25) is 5.88 Å². The van der Waals surface area contributed by atoms with Crippen LogP contribution >= 0.6 is 0 Å². The van der Waals surface area contributed by atoms with Crippen LogP contribution in [0.4, 0.5) is 5.82 Å². The first-order valence-electron chi connectivity index (χ1n) is 5.43. The summed E-state index contributed by atoms with van der Waals surface area (Å²) in [4.78, 5) is 8.20. The van der Waals surface area contributed by atoms with Crippen molar-refractivity contribution in [2.45, 2.75) is 13.3 Å². The van der Waals surface area contributed by atoms with Crippen molar-refractivity contribution in [1.82, 2.24) is 9.97 Å². The van der Waals surface area contributed by atoms with Gasteiger partial charge in [-0.05, 0) is 19.1 Å². The van der Waals surface area contributed by atoms with Gasteiger partial charge in [-0.25, -0.2) is 9.97 Å². The predicted octanol–water partition coefficient (Wildman–Crippen LogP) is 2.04. The summed E-state index contributed by atoms with van der Waals surface area (Å²) in [5.41, 5.74) is 0.912. The monoisotopic (exact) mass is 233 g/mol. The molecule has 0 atom stereocenters. The van der Waals surface area contributed by atoms with Gasteiger partial charge in [-0.15, -0.1) is 0 Å². The maximum Gasteiger partial charge on any atom is 0.221 e. The molecule has 17 heavy (non-hydrogen) atoms. The molecule has 2 aromatic rings. The Kier molecular flexibility index (Phi) is 3.59. The Hall–Kier alpha value is -2.04. The summed E-state index contributed by atoms with van der Waals surface area (Å²) in [5, 5.41) is 3.23. The molecule has 0 aliphatic rings. The lowest BCUT2D eigenvalue weighted by Gasteiger charge is -2.09. The van der Waals surface area contributed by atoms with Gasteiger partial charge < -0.3 is 14.5 Å². The van der Waals surface area contributed by atoms with E-state index in [1.54, 1.807) is 13.4 Å². The van der Waals surface area contributed by atoms with Crippen LogP contribution in [0.5, 0.6) is 5.88 Å². The normalized spacial score (nSPS) is 10.2. The first-order valence-corrected chi connectivity index (χ1v) is 5.43. The first kappa shape index (κ1) is 11.4. The van der Waals surface area contributed by atoms with Crippen LogP contribution in [-0.4, -0.2) is 23.6 Å². The average Bonchev–Trinajstić information content (AvgIpc) is 2.84. The minimum absolute atomic E-state index is 0.598. The van der Waals surface area contributed by atoms with Gasteiger partial charge in [0.05, 0.1) is 18.9 Å². The summed E-state index contributed by atoms with van der Waals surface area (Å²) in [6.45, 7) is 2.68. The minimum atomic E-state index is 0.598. The molecule has 0 saturated carbocycles. The minimum Gasteiger partial charge on any atom is -0.481 e. The fourth-order valence-corrected chi connectivity index (χ4v) is 1.58. The number of hydrogen-bond acceptors (Lipinski definition) is 5. The summed E-state index contributed by atoms with van der Waals surface area (Å²) in [6, 6.07) is 3.84. The summed E-state index contributed by atoms with van der Waals surface area (Å²) in [6.07, 6.45) is 3.98. The van der Waals surface area contributed by atoms with E-state index in [4.69, 9.17) is 9.15 Å². The molecule has 0 aromatic carbocycles. The summed E-state index contributed by atoms with van der Waals surface area (Å²) < 4.78 is 10.4. The third kappa shape index (κ3) is 2.75. The van der Waals surface area contributed by atoms with E-state index in [2.05, 4.69) is 15.3 Å². The van der Waals surface area contributed by atoms with Crippen LogP contribution in [0, 0.1) is 6.92 Å². The van der Waals surface area contributed by atoms with Gasteiger partial charge in [0.25, 0.3) is 0 Å². The molecule has 0 aliphatic carbocycles. The van der Waals surface area contributed by atoms with Crippen molar-refractivity contribution >= 4 is 5.82 Å².